The van der Waals surface area contributed by atoms with Gasteiger partial charge in [0.15, 0.2) is 0 Å². The second-order valence-electron chi connectivity index (χ2n) is 5.49. The number of aromatic nitrogens is 1. The second-order valence-corrected chi connectivity index (χ2v) is 6.57. The minimum absolute atomic E-state index is 0.0149. The molecule has 0 spiro atoms. The molecule has 0 aromatic carbocycles. The van der Waals surface area contributed by atoms with Crippen LogP contribution in [0.15, 0.2) is 12.3 Å². The largest absolute Gasteiger partial charge is 0.397 e. The molecule has 1 fully saturated rings. The molecule has 0 bridgehead atoms. The van der Waals surface area contributed by atoms with E-state index in [2.05, 4.69) is 18.5 Å². The molecule has 20 heavy (non-hydrogen) atoms. The maximum atomic E-state index is 12.5. The van der Waals surface area contributed by atoms with Crippen molar-refractivity contribution >= 4 is 23.4 Å². The molecule has 1 aromatic heterocycles. The number of hydrogen-bond donors (Lipinski definition) is 2. The van der Waals surface area contributed by atoms with E-state index in [1.807, 2.05) is 22.5 Å². The number of anilines is 1. The number of carbonyl (C=O) groups is 1. The summed E-state index contributed by atoms with van der Waals surface area (Å²) in [5.41, 5.74) is 7.18. The number of thioether (sulfide) groups is 1. The Bertz CT molecular complexity index is 458. The minimum atomic E-state index is 0.0149. The van der Waals surface area contributed by atoms with E-state index >= 15 is 0 Å². The number of nitrogens with one attached hydrogen (secondary N) is 1. The third-order valence-electron chi connectivity index (χ3n) is 3.94. The van der Waals surface area contributed by atoms with E-state index in [1.54, 1.807) is 6.07 Å². The summed E-state index contributed by atoms with van der Waals surface area (Å²) >= 11 is 1.86. The zero-order chi connectivity index (χ0) is 14.5. The fraction of sp³-hybridized carbons (Fsp3) is 0.667. The number of amides is 1. The number of nitrogen functional groups attached to an aromatic ring is 1. The van der Waals surface area contributed by atoms with Gasteiger partial charge in [0.2, 0.25) is 0 Å². The second kappa shape index (κ2) is 7.07. The number of hydrogen-bond acceptors (Lipinski definition) is 3. The molecule has 2 rings (SSSR count). The van der Waals surface area contributed by atoms with E-state index in [0.717, 1.165) is 19.4 Å². The summed E-state index contributed by atoms with van der Waals surface area (Å²) in [6.45, 7) is 2.93. The number of carbonyl (C=O) groups excluding carboxylic acids is 1. The van der Waals surface area contributed by atoms with Gasteiger partial charge in [-0.25, -0.2) is 0 Å². The van der Waals surface area contributed by atoms with Crippen molar-refractivity contribution in [1.82, 2.24) is 9.88 Å². The molecule has 1 aliphatic carbocycles. The molecule has 1 aromatic rings. The topological polar surface area (TPSA) is 60.0 Å². The molecule has 1 amide bonds. The van der Waals surface area contributed by atoms with Crippen LogP contribution in [-0.4, -0.2) is 28.0 Å². The van der Waals surface area contributed by atoms with E-state index in [0.29, 0.717) is 16.6 Å². The molecule has 5 heteroatoms. The lowest BCUT2D eigenvalue weighted by Crippen LogP contribution is -2.44. The Balaban J connectivity index is 2.07. The molecule has 1 saturated carbocycles. The molecular formula is C15H25N3OS. The Morgan fingerprint density at radius 1 is 1.50 bits per heavy atom. The minimum Gasteiger partial charge on any atom is -0.397 e. The summed E-state index contributed by atoms with van der Waals surface area (Å²) in [5, 5.41) is 3.75. The van der Waals surface area contributed by atoms with Gasteiger partial charge in [-0.2, -0.15) is 11.8 Å². The highest BCUT2D eigenvalue weighted by molar-refractivity contribution is 7.99. The van der Waals surface area contributed by atoms with E-state index in [9.17, 15) is 4.79 Å². The Morgan fingerprint density at radius 3 is 2.95 bits per heavy atom. The Morgan fingerprint density at radius 2 is 2.25 bits per heavy atom. The smallest absolute Gasteiger partial charge is 0.268 e. The van der Waals surface area contributed by atoms with Gasteiger partial charge < -0.3 is 15.6 Å². The molecule has 1 heterocycles. The molecule has 2 atom stereocenters. The first-order valence-corrected chi connectivity index (χ1v) is 8.73. The van der Waals surface area contributed by atoms with E-state index < -0.39 is 0 Å². The lowest BCUT2D eigenvalue weighted by Gasteiger charge is -2.31. The molecule has 0 aliphatic heterocycles. The van der Waals surface area contributed by atoms with E-state index in [-0.39, 0.29) is 11.9 Å². The molecule has 112 valence electrons. The number of rotatable bonds is 5. The SMILES string of the molecule is CCCn1cc(N)cc1C(=O)NC1CCCCC1SC. The Hall–Kier alpha value is -1.10. The van der Waals surface area contributed by atoms with Gasteiger partial charge in [0.05, 0.1) is 5.69 Å². The van der Waals surface area contributed by atoms with Crippen LogP contribution in [0, 0.1) is 0 Å². The maximum absolute atomic E-state index is 12.5. The standard InChI is InChI=1S/C15H25N3OS/c1-3-8-18-10-11(16)9-13(18)15(19)17-12-6-4-5-7-14(12)20-2/h9-10,12,14H,3-8,16H2,1-2H3,(H,17,19). The Kier molecular flexibility index (Phi) is 5.40. The van der Waals surface area contributed by atoms with Crippen LogP contribution in [0.3, 0.4) is 0 Å². The zero-order valence-electron chi connectivity index (χ0n) is 12.4. The molecule has 0 radical (unpaired) electrons. The van der Waals surface area contributed by atoms with Gasteiger partial charge in [-0.3, -0.25) is 4.79 Å². The number of aryl methyl sites for hydroxylation is 1. The van der Waals surface area contributed by atoms with Crippen molar-refractivity contribution in [2.24, 2.45) is 0 Å². The first-order chi connectivity index (χ1) is 9.65. The van der Waals surface area contributed by atoms with Gasteiger partial charge in [0.25, 0.3) is 5.91 Å². The fourth-order valence-corrected chi connectivity index (χ4v) is 3.87. The molecule has 4 nitrogen and oxygen atoms in total. The van der Waals surface area contributed by atoms with E-state index in [1.165, 1.54) is 19.3 Å². The highest BCUT2D eigenvalue weighted by Gasteiger charge is 2.26. The summed E-state index contributed by atoms with van der Waals surface area (Å²) in [7, 11) is 0. The summed E-state index contributed by atoms with van der Waals surface area (Å²) in [4.78, 5) is 12.5. The fourth-order valence-electron chi connectivity index (χ4n) is 2.94. The van der Waals surface area contributed by atoms with Crippen LogP contribution in [0.2, 0.25) is 0 Å². The molecular weight excluding hydrogens is 270 g/mol. The summed E-state index contributed by atoms with van der Waals surface area (Å²) in [6, 6.07) is 2.07. The highest BCUT2D eigenvalue weighted by atomic mass is 32.2. The quantitative estimate of drug-likeness (QED) is 0.878. The van der Waals surface area contributed by atoms with Crippen molar-refractivity contribution in [2.75, 3.05) is 12.0 Å². The first kappa shape index (κ1) is 15.3. The van der Waals surface area contributed by atoms with Gasteiger partial charge >= 0.3 is 0 Å². The van der Waals surface area contributed by atoms with Crippen LogP contribution in [-0.2, 0) is 6.54 Å². The molecule has 0 saturated heterocycles. The van der Waals surface area contributed by atoms with Crippen molar-refractivity contribution in [1.29, 1.82) is 0 Å². The average molecular weight is 295 g/mol. The summed E-state index contributed by atoms with van der Waals surface area (Å²) in [5.74, 6) is 0.0149. The molecule has 1 aliphatic rings. The predicted molar refractivity (Wildman–Crippen MR) is 86.2 cm³/mol. The lowest BCUT2D eigenvalue weighted by atomic mass is 9.95. The van der Waals surface area contributed by atoms with Crippen LogP contribution in [0.5, 0.6) is 0 Å². The van der Waals surface area contributed by atoms with Gasteiger partial charge in [0, 0.05) is 24.0 Å². The van der Waals surface area contributed by atoms with Gasteiger partial charge in [-0.05, 0) is 31.6 Å². The number of nitrogens with zero attached hydrogens (tertiary/aromatic N) is 1. The summed E-state index contributed by atoms with van der Waals surface area (Å²) in [6.07, 6.45) is 9.74. The van der Waals surface area contributed by atoms with E-state index in [4.69, 9.17) is 5.73 Å². The van der Waals surface area contributed by atoms with Crippen LogP contribution < -0.4 is 11.1 Å². The molecule has 2 unspecified atom stereocenters. The van der Waals surface area contributed by atoms with Gasteiger partial charge in [-0.15, -0.1) is 0 Å². The van der Waals surface area contributed by atoms with Gasteiger partial charge in [-0.1, -0.05) is 19.8 Å². The maximum Gasteiger partial charge on any atom is 0.268 e. The van der Waals surface area contributed by atoms with Crippen molar-refractivity contribution in [3.8, 4) is 0 Å². The Labute approximate surface area is 125 Å². The first-order valence-electron chi connectivity index (χ1n) is 7.45. The third-order valence-corrected chi connectivity index (χ3v) is 5.11. The highest BCUT2D eigenvalue weighted by Crippen LogP contribution is 2.27. The predicted octanol–water partition coefficient (Wildman–Crippen LogP) is 2.88. The average Bonchev–Trinajstić information content (AvgIpc) is 2.81. The molecule has 3 N–H and O–H groups in total. The number of nitrogens with two attached hydrogens (primary N) is 1. The van der Waals surface area contributed by atoms with Crippen molar-refractivity contribution < 1.29 is 4.79 Å². The monoisotopic (exact) mass is 295 g/mol. The van der Waals surface area contributed by atoms with Crippen LogP contribution in [0.25, 0.3) is 0 Å². The summed E-state index contributed by atoms with van der Waals surface area (Å²) < 4.78 is 1.96. The van der Waals surface area contributed by atoms with Crippen molar-refractivity contribution in [3.63, 3.8) is 0 Å². The van der Waals surface area contributed by atoms with Crippen molar-refractivity contribution in [2.45, 2.75) is 56.9 Å². The van der Waals surface area contributed by atoms with Gasteiger partial charge in [0.1, 0.15) is 5.69 Å². The van der Waals surface area contributed by atoms with Crippen LogP contribution >= 0.6 is 11.8 Å². The third kappa shape index (κ3) is 3.51. The van der Waals surface area contributed by atoms with Crippen LogP contribution in [0.1, 0.15) is 49.5 Å². The van der Waals surface area contributed by atoms with Crippen molar-refractivity contribution in [3.05, 3.63) is 18.0 Å². The van der Waals surface area contributed by atoms with Crippen LogP contribution in [0.4, 0.5) is 5.69 Å². The normalized spacial score (nSPS) is 22.7. The zero-order valence-corrected chi connectivity index (χ0v) is 13.2. The lowest BCUT2D eigenvalue weighted by molar-refractivity contribution is 0.0920.